The average Bonchev–Trinajstić information content (AvgIpc) is 3.29. The zero-order chi connectivity index (χ0) is 22.9. The highest BCUT2D eigenvalue weighted by Crippen LogP contribution is 2.46. The Morgan fingerprint density at radius 3 is 2.42 bits per heavy atom. The molecule has 5 nitrogen and oxygen atoms in total. The summed E-state index contributed by atoms with van der Waals surface area (Å²) in [7, 11) is 2.06. The third kappa shape index (κ3) is 3.50. The van der Waals surface area contributed by atoms with E-state index >= 15 is 0 Å². The number of nitrogens with one attached hydrogen (secondary N) is 1. The minimum absolute atomic E-state index is 0.0234. The third-order valence-corrected chi connectivity index (χ3v) is 6.41. The molecule has 3 aromatic carbocycles. The van der Waals surface area contributed by atoms with Gasteiger partial charge in [-0.1, -0.05) is 73.7 Å². The molecule has 0 fully saturated rings. The van der Waals surface area contributed by atoms with Gasteiger partial charge in [0, 0.05) is 35.6 Å². The minimum Gasteiger partial charge on any atom is -0.355 e. The van der Waals surface area contributed by atoms with Crippen LogP contribution in [0.4, 0.5) is 0 Å². The van der Waals surface area contributed by atoms with Crippen LogP contribution < -0.4 is 5.32 Å². The number of nitrogens with zero attached hydrogens (tertiary/aromatic N) is 2. The van der Waals surface area contributed by atoms with Crippen LogP contribution in [0.2, 0.25) is 0 Å². The zero-order valence-corrected chi connectivity index (χ0v) is 18.9. The lowest BCUT2D eigenvalue weighted by molar-refractivity contribution is -0.122. The fourth-order valence-corrected chi connectivity index (χ4v) is 4.96. The highest BCUT2D eigenvalue weighted by Gasteiger charge is 2.41. The van der Waals surface area contributed by atoms with Gasteiger partial charge in [-0.2, -0.15) is 0 Å². The summed E-state index contributed by atoms with van der Waals surface area (Å²) in [6.45, 7) is 2.64. The van der Waals surface area contributed by atoms with Gasteiger partial charge in [0.15, 0.2) is 0 Å². The van der Waals surface area contributed by atoms with E-state index in [1.165, 1.54) is 0 Å². The van der Waals surface area contributed by atoms with E-state index in [0.29, 0.717) is 12.1 Å². The highest BCUT2D eigenvalue weighted by molar-refractivity contribution is 6.03. The fourth-order valence-electron chi connectivity index (χ4n) is 4.96. The van der Waals surface area contributed by atoms with E-state index < -0.39 is 0 Å². The first-order valence-electron chi connectivity index (χ1n) is 11.4. The van der Waals surface area contributed by atoms with Gasteiger partial charge in [0.2, 0.25) is 5.91 Å². The molecule has 5 heteroatoms. The van der Waals surface area contributed by atoms with Gasteiger partial charge >= 0.3 is 0 Å². The lowest BCUT2D eigenvalue weighted by atomic mass is 9.93. The molecule has 1 aliphatic rings. The number of aryl methyl sites for hydroxylation is 1. The van der Waals surface area contributed by atoms with Crippen molar-refractivity contribution in [2.75, 3.05) is 13.1 Å². The monoisotopic (exact) mass is 437 g/mol. The molecule has 0 spiro atoms. The molecule has 0 bridgehead atoms. The van der Waals surface area contributed by atoms with Crippen molar-refractivity contribution in [2.24, 2.45) is 7.05 Å². The average molecular weight is 438 g/mol. The van der Waals surface area contributed by atoms with Crippen molar-refractivity contribution in [3.05, 3.63) is 95.6 Å². The molecule has 5 rings (SSSR count). The third-order valence-electron chi connectivity index (χ3n) is 6.41. The topological polar surface area (TPSA) is 54.3 Å². The molecule has 0 saturated carbocycles. The van der Waals surface area contributed by atoms with E-state index in [-0.39, 0.29) is 24.4 Å². The molecule has 1 aliphatic heterocycles. The predicted molar refractivity (Wildman–Crippen MR) is 131 cm³/mol. The first-order chi connectivity index (χ1) is 16.1. The van der Waals surface area contributed by atoms with Crippen molar-refractivity contribution >= 4 is 22.7 Å². The van der Waals surface area contributed by atoms with Gasteiger partial charge in [0.25, 0.3) is 5.91 Å². The maximum Gasteiger partial charge on any atom is 0.255 e. The largest absolute Gasteiger partial charge is 0.355 e. The second kappa shape index (κ2) is 8.58. The Balaban J connectivity index is 1.75. The maximum absolute atomic E-state index is 13.5. The molecule has 4 aromatic rings. The van der Waals surface area contributed by atoms with Gasteiger partial charge in [-0.15, -0.1) is 0 Å². The second-order valence-electron chi connectivity index (χ2n) is 8.48. The van der Waals surface area contributed by atoms with Crippen molar-refractivity contribution in [3.63, 3.8) is 0 Å². The summed E-state index contributed by atoms with van der Waals surface area (Å²) in [6, 6.07) is 25.9. The van der Waals surface area contributed by atoms with Gasteiger partial charge in [0.05, 0.1) is 11.7 Å². The summed E-state index contributed by atoms with van der Waals surface area (Å²) in [5.74, 6) is -0.237. The minimum atomic E-state index is -0.345. The van der Waals surface area contributed by atoms with E-state index in [4.69, 9.17) is 0 Å². The second-order valence-corrected chi connectivity index (χ2v) is 8.48. The molecule has 1 N–H and O–H groups in total. The number of amides is 2. The molecule has 0 radical (unpaired) electrons. The Morgan fingerprint density at radius 1 is 0.939 bits per heavy atom. The normalized spacial score (nSPS) is 15.2. The standard InChI is InChI=1S/C28H27N3O2/c1-3-17-29-24(32)18-31-27(20-13-7-8-14-21(20)28(31)33)25-22-15-9-10-16-23(22)30(2)26(25)19-11-5-4-6-12-19/h4-16,27H,3,17-18H2,1-2H3,(H,29,32)/t27-/m0/s1. The molecule has 166 valence electrons. The Morgan fingerprint density at radius 2 is 1.64 bits per heavy atom. The molecular weight excluding hydrogens is 410 g/mol. The van der Waals surface area contributed by atoms with E-state index in [1.54, 1.807) is 4.90 Å². The van der Waals surface area contributed by atoms with Gasteiger partial charge in [-0.3, -0.25) is 9.59 Å². The van der Waals surface area contributed by atoms with Crippen molar-refractivity contribution in [2.45, 2.75) is 19.4 Å². The molecule has 2 amide bonds. The van der Waals surface area contributed by atoms with Crippen LogP contribution in [-0.4, -0.2) is 34.4 Å². The number of hydrogen-bond donors (Lipinski definition) is 1. The zero-order valence-electron chi connectivity index (χ0n) is 18.9. The summed E-state index contributed by atoms with van der Waals surface area (Å²) in [6.07, 6.45) is 0.852. The van der Waals surface area contributed by atoms with Crippen LogP contribution in [0.25, 0.3) is 22.2 Å². The maximum atomic E-state index is 13.5. The van der Waals surface area contributed by atoms with Crippen molar-refractivity contribution in [3.8, 4) is 11.3 Å². The lowest BCUT2D eigenvalue weighted by Gasteiger charge is -2.26. The summed E-state index contributed by atoms with van der Waals surface area (Å²) in [4.78, 5) is 28.0. The van der Waals surface area contributed by atoms with Crippen molar-refractivity contribution in [1.29, 1.82) is 0 Å². The van der Waals surface area contributed by atoms with E-state index in [9.17, 15) is 9.59 Å². The van der Waals surface area contributed by atoms with E-state index in [2.05, 4.69) is 41.2 Å². The van der Waals surface area contributed by atoms with Crippen molar-refractivity contribution < 1.29 is 9.59 Å². The highest BCUT2D eigenvalue weighted by atomic mass is 16.2. The number of rotatable bonds is 6. The Hall–Kier alpha value is -3.86. The molecular formula is C28H27N3O2. The number of carbonyl (C=O) groups is 2. The van der Waals surface area contributed by atoms with Gasteiger partial charge in [0.1, 0.15) is 6.54 Å². The lowest BCUT2D eigenvalue weighted by Crippen LogP contribution is -2.39. The van der Waals surface area contributed by atoms with Crippen LogP contribution in [0.1, 0.15) is 40.9 Å². The van der Waals surface area contributed by atoms with E-state index in [1.807, 2.05) is 61.5 Å². The van der Waals surface area contributed by atoms with Gasteiger partial charge in [-0.25, -0.2) is 0 Å². The van der Waals surface area contributed by atoms with Gasteiger partial charge in [-0.05, 0) is 29.7 Å². The smallest absolute Gasteiger partial charge is 0.255 e. The first kappa shape index (κ1) is 21.0. The van der Waals surface area contributed by atoms with E-state index in [0.717, 1.165) is 39.7 Å². The van der Waals surface area contributed by atoms with Crippen LogP contribution in [0, 0.1) is 0 Å². The molecule has 33 heavy (non-hydrogen) atoms. The Labute approximate surface area is 193 Å². The molecule has 2 heterocycles. The molecule has 1 aromatic heterocycles. The number of benzene rings is 3. The summed E-state index contributed by atoms with van der Waals surface area (Å²) in [5.41, 5.74) is 5.90. The molecule has 0 saturated heterocycles. The van der Waals surface area contributed by atoms with Crippen molar-refractivity contribution in [1.82, 2.24) is 14.8 Å². The van der Waals surface area contributed by atoms with Crippen LogP contribution in [0.5, 0.6) is 0 Å². The number of hydrogen-bond acceptors (Lipinski definition) is 2. The summed E-state index contributed by atoms with van der Waals surface area (Å²) < 4.78 is 2.20. The summed E-state index contributed by atoms with van der Waals surface area (Å²) >= 11 is 0. The van der Waals surface area contributed by atoms with Crippen LogP contribution >= 0.6 is 0 Å². The molecule has 0 unspecified atom stereocenters. The Bertz CT molecular complexity index is 1340. The van der Waals surface area contributed by atoms with Crippen LogP contribution in [0.15, 0.2) is 78.9 Å². The molecule has 0 aliphatic carbocycles. The summed E-state index contributed by atoms with van der Waals surface area (Å²) in [5, 5.41) is 4.02. The number of para-hydroxylation sites is 1. The van der Waals surface area contributed by atoms with Crippen LogP contribution in [0.3, 0.4) is 0 Å². The first-order valence-corrected chi connectivity index (χ1v) is 11.4. The number of carbonyl (C=O) groups excluding carboxylic acids is 2. The van der Waals surface area contributed by atoms with Crippen LogP contribution in [-0.2, 0) is 11.8 Å². The fraction of sp³-hybridized carbons (Fsp3) is 0.214. The number of aromatic nitrogens is 1. The quantitative estimate of drug-likeness (QED) is 0.466. The Kier molecular flexibility index (Phi) is 5.47. The predicted octanol–water partition coefficient (Wildman–Crippen LogP) is 4.92. The molecule has 1 atom stereocenters. The number of fused-ring (bicyclic) bond motifs is 2. The van der Waals surface area contributed by atoms with Gasteiger partial charge < -0.3 is 14.8 Å². The SMILES string of the molecule is CCCNC(=O)CN1C(=O)c2ccccc2[C@H]1c1c(-c2ccccc2)n(C)c2ccccc12.